The molecular formula is C25H24O2. The number of hydrogen-bond donors (Lipinski definition) is 0. The Bertz CT molecular complexity index is 917. The molecule has 136 valence electrons. The van der Waals surface area contributed by atoms with Gasteiger partial charge in [-0.15, -0.1) is 0 Å². The molecule has 0 bridgehead atoms. The molecule has 2 nitrogen and oxygen atoms in total. The average Bonchev–Trinajstić information content (AvgIpc) is 3.09. The molecule has 0 saturated heterocycles. The van der Waals surface area contributed by atoms with Crippen molar-refractivity contribution in [2.45, 2.75) is 43.8 Å². The van der Waals surface area contributed by atoms with Crippen molar-refractivity contribution in [2.24, 2.45) is 0 Å². The molecule has 0 radical (unpaired) electrons. The molecule has 0 amide bonds. The van der Waals surface area contributed by atoms with Crippen molar-refractivity contribution in [1.82, 2.24) is 0 Å². The van der Waals surface area contributed by atoms with Crippen molar-refractivity contribution in [2.75, 3.05) is 0 Å². The van der Waals surface area contributed by atoms with Gasteiger partial charge in [-0.25, -0.2) is 0 Å². The summed E-state index contributed by atoms with van der Waals surface area (Å²) in [4.78, 5) is 0. The predicted octanol–water partition coefficient (Wildman–Crippen LogP) is 5.89. The molecule has 1 aliphatic heterocycles. The highest BCUT2D eigenvalue weighted by Crippen LogP contribution is 2.54. The SMILES string of the molecule is c1ccc(COc2ccc([C@@]34CCCC[C@@H]3Oc3ccccc34)cc2)cc1. The third-order valence-corrected chi connectivity index (χ3v) is 6.09. The van der Waals surface area contributed by atoms with Crippen molar-refractivity contribution in [3.63, 3.8) is 0 Å². The van der Waals surface area contributed by atoms with Crippen LogP contribution in [0.4, 0.5) is 0 Å². The van der Waals surface area contributed by atoms with Crippen LogP contribution in [0.3, 0.4) is 0 Å². The van der Waals surface area contributed by atoms with E-state index in [1.807, 2.05) is 18.2 Å². The first-order valence-electron chi connectivity index (χ1n) is 9.90. The quantitative estimate of drug-likeness (QED) is 0.580. The molecule has 1 heterocycles. The summed E-state index contributed by atoms with van der Waals surface area (Å²) in [5.41, 5.74) is 3.88. The van der Waals surface area contributed by atoms with Crippen molar-refractivity contribution in [1.29, 1.82) is 0 Å². The maximum Gasteiger partial charge on any atom is 0.124 e. The molecule has 0 aromatic heterocycles. The van der Waals surface area contributed by atoms with Crippen LogP contribution in [0.1, 0.15) is 42.4 Å². The van der Waals surface area contributed by atoms with Gasteiger partial charge in [-0.05, 0) is 48.6 Å². The maximum absolute atomic E-state index is 6.37. The van der Waals surface area contributed by atoms with E-state index < -0.39 is 0 Å². The van der Waals surface area contributed by atoms with Gasteiger partial charge in [-0.3, -0.25) is 0 Å². The van der Waals surface area contributed by atoms with Crippen molar-refractivity contribution < 1.29 is 9.47 Å². The lowest BCUT2D eigenvalue weighted by molar-refractivity contribution is 0.123. The van der Waals surface area contributed by atoms with Gasteiger partial charge in [0.1, 0.15) is 24.2 Å². The number of para-hydroxylation sites is 1. The van der Waals surface area contributed by atoms with E-state index >= 15 is 0 Å². The number of ether oxygens (including phenoxy) is 2. The van der Waals surface area contributed by atoms with Crippen molar-refractivity contribution >= 4 is 0 Å². The molecular weight excluding hydrogens is 332 g/mol. The van der Waals surface area contributed by atoms with Gasteiger partial charge in [0.15, 0.2) is 0 Å². The zero-order valence-electron chi connectivity index (χ0n) is 15.4. The zero-order chi connectivity index (χ0) is 18.1. The molecule has 1 aliphatic carbocycles. The van der Waals surface area contributed by atoms with Gasteiger partial charge in [0.05, 0.1) is 5.41 Å². The molecule has 0 N–H and O–H groups in total. The Labute approximate surface area is 160 Å². The Hall–Kier alpha value is -2.74. The smallest absolute Gasteiger partial charge is 0.124 e. The fourth-order valence-corrected chi connectivity index (χ4v) is 4.78. The lowest BCUT2D eigenvalue weighted by atomic mass is 9.64. The summed E-state index contributed by atoms with van der Waals surface area (Å²) in [6, 6.07) is 27.6. The van der Waals surface area contributed by atoms with Crippen LogP contribution < -0.4 is 9.47 Å². The van der Waals surface area contributed by atoms with Gasteiger partial charge >= 0.3 is 0 Å². The first-order chi connectivity index (χ1) is 13.4. The second-order valence-electron chi connectivity index (χ2n) is 7.62. The van der Waals surface area contributed by atoms with E-state index in [4.69, 9.17) is 9.47 Å². The van der Waals surface area contributed by atoms with E-state index in [-0.39, 0.29) is 11.5 Å². The molecule has 0 spiro atoms. The number of fused-ring (bicyclic) bond motifs is 3. The summed E-state index contributed by atoms with van der Waals surface area (Å²) in [5.74, 6) is 1.98. The second-order valence-corrected chi connectivity index (χ2v) is 7.62. The summed E-state index contributed by atoms with van der Waals surface area (Å²) in [6.07, 6.45) is 5.03. The molecule has 3 aromatic carbocycles. The van der Waals surface area contributed by atoms with E-state index in [2.05, 4.69) is 60.7 Å². The number of benzene rings is 3. The molecule has 0 unspecified atom stereocenters. The lowest BCUT2D eigenvalue weighted by Gasteiger charge is -2.38. The molecule has 2 aliphatic rings. The molecule has 3 aromatic rings. The van der Waals surface area contributed by atoms with Crippen LogP contribution in [0.25, 0.3) is 0 Å². The van der Waals surface area contributed by atoms with E-state index in [9.17, 15) is 0 Å². The average molecular weight is 356 g/mol. The topological polar surface area (TPSA) is 18.5 Å². The summed E-state index contributed by atoms with van der Waals surface area (Å²) in [6.45, 7) is 0.597. The largest absolute Gasteiger partial charge is 0.489 e. The highest BCUT2D eigenvalue weighted by Gasteiger charge is 2.50. The van der Waals surface area contributed by atoms with Crippen molar-refractivity contribution in [3.05, 3.63) is 95.6 Å². The van der Waals surface area contributed by atoms with Crippen LogP contribution in [0.5, 0.6) is 11.5 Å². The van der Waals surface area contributed by atoms with Crippen LogP contribution in [0, 0.1) is 0 Å². The van der Waals surface area contributed by atoms with Gasteiger partial charge in [0.25, 0.3) is 0 Å². The zero-order valence-corrected chi connectivity index (χ0v) is 15.4. The van der Waals surface area contributed by atoms with E-state index in [1.54, 1.807) is 0 Å². The fraction of sp³-hybridized carbons (Fsp3) is 0.280. The van der Waals surface area contributed by atoms with Crippen LogP contribution in [-0.2, 0) is 12.0 Å². The summed E-state index contributed by atoms with van der Waals surface area (Å²) in [7, 11) is 0. The van der Waals surface area contributed by atoms with Gasteiger partial charge in [-0.2, -0.15) is 0 Å². The summed E-state index contributed by atoms with van der Waals surface area (Å²) < 4.78 is 12.4. The first-order valence-corrected chi connectivity index (χ1v) is 9.90. The maximum atomic E-state index is 6.37. The Morgan fingerprint density at radius 2 is 1.63 bits per heavy atom. The number of hydrogen-bond acceptors (Lipinski definition) is 2. The van der Waals surface area contributed by atoms with E-state index in [1.165, 1.54) is 29.5 Å². The van der Waals surface area contributed by atoms with Crippen LogP contribution in [0.15, 0.2) is 78.9 Å². The molecule has 2 heteroatoms. The Morgan fingerprint density at radius 3 is 2.48 bits per heavy atom. The highest BCUT2D eigenvalue weighted by atomic mass is 16.5. The van der Waals surface area contributed by atoms with Crippen LogP contribution in [0.2, 0.25) is 0 Å². The Morgan fingerprint density at radius 1 is 0.852 bits per heavy atom. The Kier molecular flexibility index (Phi) is 4.12. The molecule has 2 atom stereocenters. The minimum Gasteiger partial charge on any atom is -0.489 e. The second kappa shape index (κ2) is 6.77. The molecule has 27 heavy (non-hydrogen) atoms. The van der Waals surface area contributed by atoms with Crippen LogP contribution in [-0.4, -0.2) is 6.10 Å². The molecule has 1 saturated carbocycles. The predicted molar refractivity (Wildman–Crippen MR) is 107 cm³/mol. The normalized spacial score (nSPS) is 23.2. The van der Waals surface area contributed by atoms with Gasteiger partial charge in [0, 0.05) is 5.56 Å². The van der Waals surface area contributed by atoms with Gasteiger partial charge in [-0.1, -0.05) is 67.1 Å². The highest BCUT2D eigenvalue weighted by molar-refractivity contribution is 5.53. The third kappa shape index (κ3) is 2.80. The molecule has 1 fully saturated rings. The first kappa shape index (κ1) is 16.4. The number of rotatable bonds is 4. The van der Waals surface area contributed by atoms with E-state index in [0.717, 1.165) is 24.3 Å². The van der Waals surface area contributed by atoms with Crippen molar-refractivity contribution in [3.8, 4) is 11.5 Å². The monoisotopic (exact) mass is 356 g/mol. The lowest BCUT2D eigenvalue weighted by Crippen LogP contribution is -2.41. The van der Waals surface area contributed by atoms with Gasteiger partial charge < -0.3 is 9.47 Å². The Balaban J connectivity index is 1.43. The van der Waals surface area contributed by atoms with Crippen LogP contribution >= 0.6 is 0 Å². The standard InChI is InChI=1S/C25H24O2/c1-2-8-19(9-3-1)18-26-21-15-13-20(14-16-21)25-17-7-6-12-24(25)27-23-11-5-4-10-22(23)25/h1-5,8-11,13-16,24H,6-7,12,17-18H2/t24-,25+/m0/s1. The summed E-state index contributed by atoms with van der Waals surface area (Å²) >= 11 is 0. The summed E-state index contributed by atoms with van der Waals surface area (Å²) in [5, 5.41) is 0. The molecule has 5 rings (SSSR count). The van der Waals surface area contributed by atoms with E-state index in [0.29, 0.717) is 6.61 Å². The fourth-order valence-electron chi connectivity index (χ4n) is 4.78. The van der Waals surface area contributed by atoms with Gasteiger partial charge in [0.2, 0.25) is 0 Å². The minimum atomic E-state index is -0.00714. The third-order valence-electron chi connectivity index (χ3n) is 6.09. The minimum absolute atomic E-state index is 0.00714.